The lowest BCUT2D eigenvalue weighted by Gasteiger charge is -2.09. The lowest BCUT2D eigenvalue weighted by molar-refractivity contribution is -0.151. The van der Waals surface area contributed by atoms with Gasteiger partial charge in [-0.1, -0.05) is 12.5 Å². The molecule has 0 saturated carbocycles. The first-order valence-electron chi connectivity index (χ1n) is 3.79. The van der Waals surface area contributed by atoms with Crippen LogP contribution in [0.4, 0.5) is 4.79 Å². The van der Waals surface area contributed by atoms with Gasteiger partial charge in [-0.25, -0.2) is 9.59 Å². The molecular weight excluding hydrogens is 188 g/mol. The molecule has 74 valence electrons. The molecule has 2 atom stereocenters. The van der Waals surface area contributed by atoms with E-state index in [1.54, 1.807) is 0 Å². The molecule has 1 saturated heterocycles. The number of carbonyl (C=O) groups excluding carboxylic acids is 2. The Hall–Kier alpha value is -1.96. The zero-order valence-corrected chi connectivity index (χ0v) is 7.26. The van der Waals surface area contributed by atoms with Crippen molar-refractivity contribution < 1.29 is 23.8 Å². The quantitative estimate of drug-likeness (QED) is 0.368. The predicted octanol–water partition coefficient (Wildman–Crippen LogP) is 0.253. The van der Waals surface area contributed by atoms with Gasteiger partial charge in [0.2, 0.25) is 6.10 Å². The maximum absolute atomic E-state index is 11.2. The highest BCUT2D eigenvalue weighted by Gasteiger charge is 2.41. The van der Waals surface area contributed by atoms with Crippen molar-refractivity contribution in [2.75, 3.05) is 6.61 Å². The van der Waals surface area contributed by atoms with Crippen LogP contribution in [-0.4, -0.2) is 30.9 Å². The minimum Gasteiger partial charge on any atom is -0.450 e. The number of ether oxygens (including phenoxy) is 3. The van der Waals surface area contributed by atoms with E-state index >= 15 is 0 Å². The summed E-state index contributed by atoms with van der Waals surface area (Å²) in [5.41, 5.74) is 0. The molecule has 0 aromatic rings. The van der Waals surface area contributed by atoms with E-state index in [-0.39, 0.29) is 6.61 Å². The number of rotatable bonds is 3. The van der Waals surface area contributed by atoms with E-state index in [2.05, 4.69) is 26.7 Å². The SMILES string of the molecule is C#CCOC(=O)C1OC(=O)OC1C=C. The van der Waals surface area contributed by atoms with Gasteiger partial charge in [-0.3, -0.25) is 0 Å². The number of esters is 1. The standard InChI is InChI=1S/C9H8O5/c1-3-5-12-8(10)7-6(4-2)13-9(11)14-7/h1,4,6-7H,2,5H2. The molecule has 0 amide bonds. The monoisotopic (exact) mass is 196 g/mol. The van der Waals surface area contributed by atoms with Crippen molar-refractivity contribution in [2.45, 2.75) is 12.2 Å². The summed E-state index contributed by atoms with van der Waals surface area (Å²) in [5.74, 6) is 1.38. The Morgan fingerprint density at radius 3 is 3.00 bits per heavy atom. The highest BCUT2D eigenvalue weighted by molar-refractivity contribution is 5.81. The van der Waals surface area contributed by atoms with E-state index in [0.717, 1.165) is 0 Å². The Bertz CT molecular complexity index is 301. The lowest BCUT2D eigenvalue weighted by atomic mass is 10.2. The minimum absolute atomic E-state index is 0.170. The highest BCUT2D eigenvalue weighted by Crippen LogP contribution is 2.17. The summed E-state index contributed by atoms with van der Waals surface area (Å²) >= 11 is 0. The van der Waals surface area contributed by atoms with Crippen molar-refractivity contribution in [2.24, 2.45) is 0 Å². The number of terminal acetylenes is 1. The van der Waals surface area contributed by atoms with Crippen LogP contribution in [0.25, 0.3) is 0 Å². The predicted molar refractivity (Wildman–Crippen MR) is 45.1 cm³/mol. The molecule has 14 heavy (non-hydrogen) atoms. The average Bonchev–Trinajstić information content (AvgIpc) is 2.56. The Labute approximate surface area is 80.6 Å². The molecule has 0 radical (unpaired) electrons. The molecular formula is C9H8O5. The van der Waals surface area contributed by atoms with Gasteiger partial charge in [0, 0.05) is 0 Å². The Balaban J connectivity index is 2.58. The fraction of sp³-hybridized carbons (Fsp3) is 0.333. The zero-order valence-electron chi connectivity index (χ0n) is 7.26. The van der Waals surface area contributed by atoms with Crippen molar-refractivity contribution in [3.05, 3.63) is 12.7 Å². The number of carbonyl (C=O) groups is 2. The largest absolute Gasteiger partial charge is 0.510 e. The average molecular weight is 196 g/mol. The van der Waals surface area contributed by atoms with E-state index < -0.39 is 24.3 Å². The van der Waals surface area contributed by atoms with Gasteiger partial charge in [0.25, 0.3) is 0 Å². The van der Waals surface area contributed by atoms with Crippen molar-refractivity contribution in [3.63, 3.8) is 0 Å². The Kier molecular flexibility index (Phi) is 3.13. The van der Waals surface area contributed by atoms with Crippen LogP contribution in [0.15, 0.2) is 12.7 Å². The molecule has 0 spiro atoms. The van der Waals surface area contributed by atoms with Crippen LogP contribution >= 0.6 is 0 Å². The van der Waals surface area contributed by atoms with Gasteiger partial charge in [0.1, 0.15) is 0 Å². The molecule has 1 aliphatic rings. The van der Waals surface area contributed by atoms with Gasteiger partial charge in [-0.2, -0.15) is 0 Å². The third kappa shape index (κ3) is 2.04. The van der Waals surface area contributed by atoms with Crippen LogP contribution in [0.3, 0.4) is 0 Å². The molecule has 1 aliphatic heterocycles. The second kappa shape index (κ2) is 4.33. The first kappa shape index (κ1) is 10.1. The number of hydrogen-bond acceptors (Lipinski definition) is 5. The number of hydrogen-bond donors (Lipinski definition) is 0. The van der Waals surface area contributed by atoms with Crippen molar-refractivity contribution in [1.29, 1.82) is 0 Å². The van der Waals surface area contributed by atoms with Gasteiger partial charge in [0.05, 0.1) is 0 Å². The van der Waals surface area contributed by atoms with Crippen molar-refractivity contribution in [3.8, 4) is 12.3 Å². The third-order valence-electron chi connectivity index (χ3n) is 1.52. The molecule has 0 bridgehead atoms. The lowest BCUT2D eigenvalue weighted by Crippen LogP contribution is -2.31. The molecule has 0 aromatic carbocycles. The topological polar surface area (TPSA) is 61.8 Å². The molecule has 1 rings (SSSR count). The second-order valence-corrected chi connectivity index (χ2v) is 2.42. The molecule has 1 heterocycles. The van der Waals surface area contributed by atoms with Gasteiger partial charge < -0.3 is 14.2 Å². The van der Waals surface area contributed by atoms with Crippen LogP contribution in [-0.2, 0) is 19.0 Å². The summed E-state index contributed by atoms with van der Waals surface area (Å²) in [6.07, 6.45) is 3.33. The summed E-state index contributed by atoms with van der Waals surface area (Å²) in [6.45, 7) is 3.21. The summed E-state index contributed by atoms with van der Waals surface area (Å²) < 4.78 is 13.7. The fourth-order valence-electron chi connectivity index (χ4n) is 0.920. The third-order valence-corrected chi connectivity index (χ3v) is 1.52. The number of cyclic esters (lactones) is 2. The summed E-state index contributed by atoms with van der Waals surface area (Å²) in [6, 6.07) is 0. The van der Waals surface area contributed by atoms with Crippen LogP contribution in [0.1, 0.15) is 0 Å². The van der Waals surface area contributed by atoms with E-state index in [9.17, 15) is 9.59 Å². The smallest absolute Gasteiger partial charge is 0.450 e. The second-order valence-electron chi connectivity index (χ2n) is 2.42. The van der Waals surface area contributed by atoms with E-state index in [1.807, 2.05) is 0 Å². The first-order chi connectivity index (χ1) is 6.69. The summed E-state index contributed by atoms with van der Waals surface area (Å²) in [7, 11) is 0. The maximum Gasteiger partial charge on any atom is 0.510 e. The normalized spacial score (nSPS) is 24.4. The fourth-order valence-corrected chi connectivity index (χ4v) is 0.920. The summed E-state index contributed by atoms with van der Waals surface area (Å²) in [5, 5.41) is 0. The highest BCUT2D eigenvalue weighted by atomic mass is 16.8. The Morgan fingerprint density at radius 2 is 2.43 bits per heavy atom. The molecule has 1 fully saturated rings. The van der Waals surface area contributed by atoms with Gasteiger partial charge in [-0.05, 0) is 6.08 Å². The molecule has 0 aliphatic carbocycles. The first-order valence-corrected chi connectivity index (χ1v) is 3.79. The Morgan fingerprint density at radius 1 is 1.71 bits per heavy atom. The molecule has 2 unspecified atom stereocenters. The van der Waals surface area contributed by atoms with Gasteiger partial charge in [-0.15, -0.1) is 6.42 Å². The molecule has 0 N–H and O–H groups in total. The molecule has 5 heteroatoms. The zero-order chi connectivity index (χ0) is 10.6. The van der Waals surface area contributed by atoms with E-state index in [1.165, 1.54) is 6.08 Å². The van der Waals surface area contributed by atoms with E-state index in [4.69, 9.17) is 6.42 Å². The van der Waals surface area contributed by atoms with Crippen LogP contribution < -0.4 is 0 Å². The minimum atomic E-state index is -1.10. The van der Waals surface area contributed by atoms with E-state index in [0.29, 0.717) is 0 Å². The van der Waals surface area contributed by atoms with Crippen molar-refractivity contribution in [1.82, 2.24) is 0 Å². The van der Waals surface area contributed by atoms with Crippen LogP contribution in [0.2, 0.25) is 0 Å². The maximum atomic E-state index is 11.2. The molecule has 5 nitrogen and oxygen atoms in total. The summed E-state index contributed by atoms with van der Waals surface area (Å²) in [4.78, 5) is 21.9. The van der Waals surface area contributed by atoms with Gasteiger partial charge >= 0.3 is 12.1 Å². The van der Waals surface area contributed by atoms with Crippen LogP contribution in [0, 0.1) is 12.3 Å². The molecule has 0 aromatic heterocycles. The van der Waals surface area contributed by atoms with Crippen LogP contribution in [0.5, 0.6) is 0 Å². The van der Waals surface area contributed by atoms with Crippen molar-refractivity contribution >= 4 is 12.1 Å². The van der Waals surface area contributed by atoms with Gasteiger partial charge in [0.15, 0.2) is 12.7 Å².